The van der Waals surface area contributed by atoms with E-state index in [-0.39, 0.29) is 23.8 Å². The van der Waals surface area contributed by atoms with Crippen molar-refractivity contribution in [2.24, 2.45) is 11.8 Å². The zero-order valence-corrected chi connectivity index (χ0v) is 18.1. The fourth-order valence-electron chi connectivity index (χ4n) is 4.20. The van der Waals surface area contributed by atoms with Crippen LogP contribution in [0.2, 0.25) is 0 Å². The van der Waals surface area contributed by atoms with E-state index in [0.29, 0.717) is 18.9 Å². The summed E-state index contributed by atoms with van der Waals surface area (Å²) in [5, 5.41) is 6.05. The minimum absolute atomic E-state index is 0.108. The Morgan fingerprint density at radius 3 is 2.47 bits per heavy atom. The number of carbonyl (C=O) groups is 2. The predicted octanol–water partition coefficient (Wildman–Crippen LogP) is 1.74. The first-order chi connectivity index (χ1) is 14.5. The number of morpholine rings is 1. The van der Waals surface area contributed by atoms with Crippen molar-refractivity contribution in [2.75, 3.05) is 46.1 Å². The lowest BCUT2D eigenvalue weighted by Gasteiger charge is -2.37. The second-order valence-corrected chi connectivity index (χ2v) is 8.59. The lowest BCUT2D eigenvalue weighted by Crippen LogP contribution is -2.53. The molecule has 0 saturated carbocycles. The van der Waals surface area contributed by atoms with Gasteiger partial charge in [0.1, 0.15) is 6.04 Å². The minimum atomic E-state index is -0.692. The molecule has 2 fully saturated rings. The molecule has 0 aromatic heterocycles. The predicted molar refractivity (Wildman–Crippen MR) is 115 cm³/mol. The second-order valence-electron chi connectivity index (χ2n) is 8.59. The molecule has 7 nitrogen and oxygen atoms in total. The Bertz CT molecular complexity index is 670. The zero-order valence-electron chi connectivity index (χ0n) is 18.1. The van der Waals surface area contributed by atoms with Gasteiger partial charge in [0.05, 0.1) is 19.8 Å². The van der Waals surface area contributed by atoms with Crippen molar-refractivity contribution in [1.29, 1.82) is 0 Å². The maximum atomic E-state index is 13.2. The summed E-state index contributed by atoms with van der Waals surface area (Å²) in [7, 11) is 0. The van der Waals surface area contributed by atoms with Crippen LogP contribution in [0.5, 0.6) is 0 Å². The van der Waals surface area contributed by atoms with Crippen molar-refractivity contribution in [3.63, 3.8) is 0 Å². The number of amides is 2. The molecule has 1 aromatic rings. The van der Waals surface area contributed by atoms with E-state index < -0.39 is 6.04 Å². The summed E-state index contributed by atoms with van der Waals surface area (Å²) < 4.78 is 11.1. The largest absolute Gasteiger partial charge is 0.381 e. The summed E-state index contributed by atoms with van der Waals surface area (Å²) in [6, 6.07) is 8.95. The average molecular weight is 418 g/mol. The zero-order chi connectivity index (χ0) is 21.3. The summed E-state index contributed by atoms with van der Waals surface area (Å²) in [4.78, 5) is 28.0. The molecule has 30 heavy (non-hydrogen) atoms. The molecule has 2 aliphatic rings. The third kappa shape index (κ3) is 6.52. The van der Waals surface area contributed by atoms with E-state index in [1.54, 1.807) is 0 Å². The van der Waals surface area contributed by atoms with E-state index in [1.165, 1.54) is 0 Å². The van der Waals surface area contributed by atoms with Gasteiger partial charge in [0.25, 0.3) is 0 Å². The van der Waals surface area contributed by atoms with E-state index in [2.05, 4.69) is 15.5 Å². The van der Waals surface area contributed by atoms with Gasteiger partial charge >= 0.3 is 0 Å². The van der Waals surface area contributed by atoms with Crippen LogP contribution in [0.3, 0.4) is 0 Å². The fraction of sp³-hybridized carbons (Fsp3) is 0.652. The van der Waals surface area contributed by atoms with Crippen LogP contribution in [0.1, 0.15) is 38.3 Å². The molecule has 0 spiro atoms. The number of carbonyl (C=O) groups excluding carboxylic acids is 2. The highest BCUT2D eigenvalue weighted by Crippen LogP contribution is 2.22. The summed E-state index contributed by atoms with van der Waals surface area (Å²) in [6.45, 7) is 9.20. The molecule has 0 bridgehead atoms. The molecular weight excluding hydrogens is 382 g/mol. The van der Waals surface area contributed by atoms with Crippen molar-refractivity contribution >= 4 is 11.8 Å². The Morgan fingerprint density at radius 2 is 1.83 bits per heavy atom. The number of nitrogens with one attached hydrogen (secondary N) is 2. The molecule has 3 unspecified atom stereocenters. The van der Waals surface area contributed by atoms with Crippen molar-refractivity contribution in [3.8, 4) is 0 Å². The molecule has 0 radical (unpaired) electrons. The van der Waals surface area contributed by atoms with E-state index in [4.69, 9.17) is 9.47 Å². The lowest BCUT2D eigenvalue weighted by atomic mass is 9.96. The Morgan fingerprint density at radius 1 is 1.10 bits per heavy atom. The second kappa shape index (κ2) is 11.4. The normalized spacial score (nSPS) is 21.9. The van der Waals surface area contributed by atoms with E-state index in [9.17, 15) is 9.59 Å². The highest BCUT2D eigenvalue weighted by atomic mass is 16.5. The van der Waals surface area contributed by atoms with Gasteiger partial charge in [0, 0.05) is 44.6 Å². The van der Waals surface area contributed by atoms with Crippen LogP contribution in [0, 0.1) is 11.8 Å². The Kier molecular flexibility index (Phi) is 8.66. The molecule has 2 heterocycles. The first-order valence-corrected chi connectivity index (χ1v) is 11.1. The van der Waals surface area contributed by atoms with Gasteiger partial charge in [-0.3, -0.25) is 14.5 Å². The summed E-state index contributed by atoms with van der Waals surface area (Å²) >= 11 is 0. The molecule has 1 aromatic carbocycles. The average Bonchev–Trinajstić information content (AvgIpc) is 3.27. The molecule has 3 atom stereocenters. The van der Waals surface area contributed by atoms with Gasteiger partial charge in [0.2, 0.25) is 11.8 Å². The molecule has 0 aliphatic carbocycles. The monoisotopic (exact) mass is 417 g/mol. The van der Waals surface area contributed by atoms with Gasteiger partial charge < -0.3 is 20.1 Å². The van der Waals surface area contributed by atoms with Crippen molar-refractivity contribution in [3.05, 3.63) is 35.9 Å². The Hall–Kier alpha value is -1.96. The first-order valence-electron chi connectivity index (χ1n) is 11.1. The molecule has 2 amide bonds. The smallest absolute Gasteiger partial charge is 0.247 e. The van der Waals surface area contributed by atoms with Crippen LogP contribution in [-0.2, 0) is 19.1 Å². The summed E-state index contributed by atoms with van der Waals surface area (Å²) in [6.07, 6.45) is 1.40. The van der Waals surface area contributed by atoms with Gasteiger partial charge in [-0.25, -0.2) is 0 Å². The Balaban J connectivity index is 1.67. The molecule has 7 heteroatoms. The number of nitrogens with zero attached hydrogens (tertiary/aromatic N) is 1. The van der Waals surface area contributed by atoms with Crippen LogP contribution < -0.4 is 10.6 Å². The van der Waals surface area contributed by atoms with Crippen molar-refractivity contribution in [2.45, 2.75) is 38.8 Å². The van der Waals surface area contributed by atoms with E-state index in [1.807, 2.05) is 44.2 Å². The standard InChI is InChI=1S/C23H35N3O4/c1-17(2)14-21(27)25-22(18-6-4-3-5-7-18)23(28)24-15-20(19-8-11-30-16-19)26-9-12-29-13-10-26/h3-7,17,19-20,22H,8-16H2,1-2H3,(H,24,28)(H,25,27). The maximum Gasteiger partial charge on any atom is 0.247 e. The minimum Gasteiger partial charge on any atom is -0.381 e. The highest BCUT2D eigenvalue weighted by Gasteiger charge is 2.32. The summed E-state index contributed by atoms with van der Waals surface area (Å²) in [5.74, 6) is 0.352. The highest BCUT2D eigenvalue weighted by molar-refractivity contribution is 5.88. The van der Waals surface area contributed by atoms with E-state index in [0.717, 1.165) is 51.5 Å². The van der Waals surface area contributed by atoms with Gasteiger partial charge in [-0.05, 0) is 17.9 Å². The molecule has 2 saturated heterocycles. The van der Waals surface area contributed by atoms with Crippen LogP contribution in [0.15, 0.2) is 30.3 Å². The maximum absolute atomic E-state index is 13.2. The van der Waals surface area contributed by atoms with Gasteiger partial charge in [-0.2, -0.15) is 0 Å². The lowest BCUT2D eigenvalue weighted by molar-refractivity contribution is -0.129. The fourth-order valence-corrected chi connectivity index (χ4v) is 4.20. The van der Waals surface area contributed by atoms with Crippen LogP contribution in [-0.4, -0.2) is 68.8 Å². The number of hydrogen-bond donors (Lipinski definition) is 2. The van der Waals surface area contributed by atoms with Gasteiger partial charge in [-0.1, -0.05) is 44.2 Å². The number of rotatable bonds is 9. The molecule has 2 aliphatic heterocycles. The molecule has 2 N–H and O–H groups in total. The molecule has 166 valence electrons. The number of ether oxygens (including phenoxy) is 2. The SMILES string of the molecule is CC(C)CC(=O)NC(C(=O)NCC(C1CCOC1)N1CCOCC1)c1ccccc1. The number of benzene rings is 1. The summed E-state index contributed by atoms with van der Waals surface area (Å²) in [5.41, 5.74) is 0.791. The number of hydrogen-bond acceptors (Lipinski definition) is 5. The Labute approximate surface area is 179 Å². The van der Waals surface area contributed by atoms with Gasteiger partial charge in [0.15, 0.2) is 0 Å². The van der Waals surface area contributed by atoms with E-state index >= 15 is 0 Å². The van der Waals surface area contributed by atoms with Crippen LogP contribution >= 0.6 is 0 Å². The topological polar surface area (TPSA) is 79.9 Å². The van der Waals surface area contributed by atoms with Crippen molar-refractivity contribution in [1.82, 2.24) is 15.5 Å². The third-order valence-electron chi connectivity index (χ3n) is 5.80. The molecular formula is C23H35N3O4. The van der Waals surface area contributed by atoms with Crippen LogP contribution in [0.4, 0.5) is 0 Å². The van der Waals surface area contributed by atoms with Gasteiger partial charge in [-0.15, -0.1) is 0 Å². The first kappa shape index (κ1) is 22.7. The molecule has 3 rings (SSSR count). The third-order valence-corrected chi connectivity index (χ3v) is 5.80. The van der Waals surface area contributed by atoms with Crippen LogP contribution in [0.25, 0.3) is 0 Å². The quantitative estimate of drug-likeness (QED) is 0.640. The van der Waals surface area contributed by atoms with Crippen molar-refractivity contribution < 1.29 is 19.1 Å².